The van der Waals surface area contributed by atoms with E-state index in [0.717, 1.165) is 22.9 Å². The van der Waals surface area contributed by atoms with E-state index >= 15 is 0 Å². The van der Waals surface area contributed by atoms with Crippen molar-refractivity contribution < 1.29 is 49.8 Å². The van der Waals surface area contributed by atoms with Crippen LogP contribution in [0.25, 0.3) is 0 Å². The zero-order valence-electron chi connectivity index (χ0n) is 25.0. The first-order valence-corrected chi connectivity index (χ1v) is 12.9. The van der Waals surface area contributed by atoms with Crippen molar-refractivity contribution in [3.8, 4) is 0 Å². The number of nitrogens with one attached hydrogen (secondary N) is 1. The summed E-state index contributed by atoms with van der Waals surface area (Å²) in [5.74, 6) is 0.251. The Morgan fingerprint density at radius 1 is 0.976 bits per heavy atom. The van der Waals surface area contributed by atoms with Gasteiger partial charge < -0.3 is 25.3 Å². The molecule has 0 aliphatic carbocycles. The number of rotatable bonds is 6. The Kier molecular flexibility index (Phi) is 15.5. The molecule has 1 fully saturated rings. The number of nitrogens with zero attached hydrogens (tertiary/aromatic N) is 4. The van der Waals surface area contributed by atoms with Crippen molar-refractivity contribution in [2.45, 2.75) is 63.6 Å². The molecule has 3 rings (SSSR count). The van der Waals surface area contributed by atoms with Crippen LogP contribution in [0.1, 0.15) is 45.8 Å². The second kappa shape index (κ2) is 16.4. The third-order valence-corrected chi connectivity index (χ3v) is 6.88. The van der Waals surface area contributed by atoms with Crippen LogP contribution in [0.15, 0.2) is 66.3 Å². The molecule has 0 bridgehead atoms. The van der Waals surface area contributed by atoms with E-state index in [-0.39, 0.29) is 22.3 Å². The Bertz CT molecular complexity index is 1040. The third-order valence-electron chi connectivity index (χ3n) is 6.88. The summed E-state index contributed by atoms with van der Waals surface area (Å²) in [4.78, 5) is 16.7. The summed E-state index contributed by atoms with van der Waals surface area (Å²) in [6, 6.07) is 7.93. The minimum absolute atomic E-state index is 0. The fraction of sp³-hybridized carbons (Fsp3) is 0.571. The maximum atomic E-state index is 12.3. The monoisotopic (exact) mass is 630 g/mol. The molecule has 1 radical (unpaired) electrons. The molecule has 2 aliphatic heterocycles. The quantitative estimate of drug-likeness (QED) is 0.276. The number of aliphatic hydroxyl groups excluding tert-OH is 2. The van der Waals surface area contributed by atoms with E-state index in [9.17, 15) is 28.4 Å². The van der Waals surface area contributed by atoms with E-state index in [1.54, 1.807) is 30.5 Å². The van der Waals surface area contributed by atoms with E-state index < -0.39 is 35.9 Å². The molecule has 1 aromatic carbocycles. The molecule has 0 saturated carbocycles. The molecule has 9 nitrogen and oxygen atoms in total. The van der Waals surface area contributed by atoms with Gasteiger partial charge in [0, 0.05) is 25.7 Å². The Labute approximate surface area is 251 Å². The van der Waals surface area contributed by atoms with Gasteiger partial charge in [0.05, 0.1) is 6.10 Å². The van der Waals surface area contributed by atoms with E-state index in [2.05, 4.69) is 43.3 Å². The summed E-state index contributed by atoms with van der Waals surface area (Å²) >= 11 is 0. The number of alkyl halides is 3. The summed E-state index contributed by atoms with van der Waals surface area (Å²) in [6.45, 7) is 9.61. The van der Waals surface area contributed by atoms with Gasteiger partial charge in [-0.1, -0.05) is 41.3 Å². The number of aliphatic hydroxyl groups is 2. The first-order valence-electron chi connectivity index (χ1n) is 12.9. The maximum Gasteiger partial charge on any atom is 3.00 e. The molecule has 1 aromatic rings. The summed E-state index contributed by atoms with van der Waals surface area (Å²) in [5.41, 5.74) is -0.404. The molecule has 41 heavy (non-hydrogen) atoms. The van der Waals surface area contributed by atoms with Gasteiger partial charge in [0.25, 0.3) is 0 Å². The van der Waals surface area contributed by atoms with Crippen molar-refractivity contribution in [2.75, 3.05) is 41.3 Å². The molecular weight excluding hydrogens is 586 g/mol. The van der Waals surface area contributed by atoms with Gasteiger partial charge in [0.2, 0.25) is 0 Å². The number of benzene rings is 1. The summed E-state index contributed by atoms with van der Waals surface area (Å²) in [7, 11) is 8.35. The van der Waals surface area contributed by atoms with Crippen LogP contribution >= 0.6 is 0 Å². The maximum absolute atomic E-state index is 12.3. The first kappa shape index (κ1) is 38.7. The molecule has 233 valence electrons. The van der Waals surface area contributed by atoms with Crippen molar-refractivity contribution in [1.82, 2.24) is 20.2 Å². The van der Waals surface area contributed by atoms with Gasteiger partial charge in [-0.3, -0.25) is 0 Å². The van der Waals surface area contributed by atoms with Gasteiger partial charge in [0.1, 0.15) is 5.70 Å². The molecule has 0 amide bonds. The second-order valence-electron chi connectivity index (χ2n) is 11.2. The third kappa shape index (κ3) is 11.1. The smallest absolute Gasteiger partial charge is 0.388 e. The van der Waals surface area contributed by atoms with Crippen LogP contribution in [0.5, 0.6) is 0 Å². The zero-order chi connectivity index (χ0) is 30.9. The van der Waals surface area contributed by atoms with E-state index in [4.69, 9.17) is 5.11 Å². The molecule has 2 atom stereocenters. The standard InChI is InChI=1S/C12H18N3O2.C10H11F3O2.C6H16N2.Ni/c1-11(2)12(3,4)15(17)10(14(11)16)9-7-5-6-8-13-9;11-10(12,13)9(15)6-8(14)7-4-2-1-3-5-7;1-7(2)5-6-8(3)4;/h5-8,13,16H,1-4H3;1-5,8-9,14-15H,6H2;5-6H2,1-4H3;/q+1;;;+3. The largest absolute Gasteiger partial charge is 3.00 e. The number of hydroxylamine groups is 2. The molecular formula is C28H45F3N5NiO4+4. The van der Waals surface area contributed by atoms with Crippen LogP contribution in [0.2, 0.25) is 0 Å². The van der Waals surface area contributed by atoms with Gasteiger partial charge in [-0.05, 0) is 78.4 Å². The summed E-state index contributed by atoms with van der Waals surface area (Å²) < 4.78 is 36.8. The van der Waals surface area contributed by atoms with E-state index in [1.807, 2.05) is 39.8 Å². The predicted molar refractivity (Wildman–Crippen MR) is 149 cm³/mol. The van der Waals surface area contributed by atoms with E-state index in [0.29, 0.717) is 11.3 Å². The number of hydrogen-bond donors (Lipinski definition) is 4. The predicted octanol–water partition coefficient (Wildman–Crippen LogP) is 4.01. The van der Waals surface area contributed by atoms with Crippen molar-refractivity contribution in [2.24, 2.45) is 0 Å². The number of nitroso groups, excluding NO2 is 1. The SMILES string of the molecule is CC1(C)N(O)C(=C2C=CC=CN2)[N+](=O)C1(C)C.CN(C)CCN(C)C.OC(CC(O)C(F)(F)F)c1ccccc1.[Ni+3]. The van der Waals surface area contributed by atoms with Gasteiger partial charge in [0.15, 0.2) is 17.2 Å². The Morgan fingerprint density at radius 3 is 1.85 bits per heavy atom. The van der Waals surface area contributed by atoms with Crippen LogP contribution in [-0.4, -0.2) is 99.7 Å². The number of allylic oxidation sites excluding steroid dienone is 3. The van der Waals surface area contributed by atoms with Crippen molar-refractivity contribution in [1.29, 1.82) is 0 Å². The van der Waals surface area contributed by atoms with Crippen LogP contribution in [0.3, 0.4) is 0 Å². The fourth-order valence-corrected chi connectivity index (χ4v) is 3.44. The minimum atomic E-state index is -4.68. The Morgan fingerprint density at radius 2 is 1.49 bits per heavy atom. The van der Waals surface area contributed by atoms with Gasteiger partial charge in [-0.2, -0.15) is 13.2 Å². The minimum Gasteiger partial charge on any atom is -0.388 e. The van der Waals surface area contributed by atoms with Gasteiger partial charge >= 0.3 is 28.5 Å². The molecule has 2 unspecified atom stereocenters. The summed E-state index contributed by atoms with van der Waals surface area (Å²) in [5, 5.41) is 32.4. The second-order valence-corrected chi connectivity index (χ2v) is 11.2. The molecule has 0 aromatic heterocycles. The normalized spacial score (nSPS) is 20.4. The average Bonchev–Trinajstić information content (AvgIpc) is 3.00. The van der Waals surface area contributed by atoms with Crippen molar-refractivity contribution in [3.05, 3.63) is 76.7 Å². The number of dihydropyridines is 1. The molecule has 0 spiro atoms. The first-order chi connectivity index (χ1) is 18.3. The van der Waals surface area contributed by atoms with Crippen LogP contribution < -0.4 is 5.32 Å². The molecule has 2 heterocycles. The zero-order valence-corrected chi connectivity index (χ0v) is 25.9. The van der Waals surface area contributed by atoms with E-state index in [1.165, 1.54) is 12.1 Å². The number of likely N-dealkylation sites (N-methyl/N-ethyl adjacent to an activating group) is 2. The van der Waals surface area contributed by atoms with Gasteiger partial charge in [-0.15, -0.1) is 5.06 Å². The Balaban J connectivity index is 0.000000616. The van der Waals surface area contributed by atoms with Crippen LogP contribution in [0.4, 0.5) is 13.2 Å². The van der Waals surface area contributed by atoms with Gasteiger partial charge in [-0.25, -0.2) is 5.21 Å². The summed E-state index contributed by atoms with van der Waals surface area (Å²) in [6.07, 6.45) is -2.09. The average molecular weight is 631 g/mol. The van der Waals surface area contributed by atoms with Crippen molar-refractivity contribution in [3.63, 3.8) is 0 Å². The molecule has 1 saturated heterocycles. The molecule has 2 aliphatic rings. The fourth-order valence-electron chi connectivity index (χ4n) is 3.44. The van der Waals surface area contributed by atoms with Crippen LogP contribution in [-0.2, 0) is 16.5 Å². The molecule has 13 heteroatoms. The number of hydrogen-bond acceptors (Lipinski definition) is 8. The number of halogens is 3. The Hall–Kier alpha value is -2.28. The van der Waals surface area contributed by atoms with Crippen LogP contribution in [0, 0.1) is 4.91 Å². The molecule has 4 N–H and O–H groups in total. The van der Waals surface area contributed by atoms with Crippen molar-refractivity contribution >= 4 is 0 Å². The topological polar surface area (TPSA) is 103 Å².